The summed E-state index contributed by atoms with van der Waals surface area (Å²) < 4.78 is 6.84. The van der Waals surface area contributed by atoms with E-state index < -0.39 is 0 Å². The lowest BCUT2D eigenvalue weighted by Gasteiger charge is -2.34. The standard InChI is InChI=1S/C19H25N7O3/c27-18(25-7-9-29-10-8-25)13-24-6-2-3-15(12-24)19(28)21-16-4-1-5-17(11-16)26-14-20-22-23-26/h1,4-5,11,14-15H,2-3,6-10,12-13H2,(H,21,28)/t15-/m0/s1. The summed E-state index contributed by atoms with van der Waals surface area (Å²) in [5.41, 5.74) is 1.47. The summed E-state index contributed by atoms with van der Waals surface area (Å²) in [6.45, 7) is 4.28. The first-order chi connectivity index (χ1) is 14.2. The van der Waals surface area contributed by atoms with E-state index in [0.717, 1.165) is 25.1 Å². The molecule has 1 aromatic carbocycles. The van der Waals surface area contributed by atoms with Crippen LogP contribution in [0.2, 0.25) is 0 Å². The smallest absolute Gasteiger partial charge is 0.236 e. The lowest BCUT2D eigenvalue weighted by Crippen LogP contribution is -2.49. The Hall–Kier alpha value is -2.85. The van der Waals surface area contributed by atoms with Crippen LogP contribution in [0.4, 0.5) is 5.69 Å². The number of piperidine rings is 1. The van der Waals surface area contributed by atoms with E-state index in [1.807, 2.05) is 29.2 Å². The number of hydrogen-bond acceptors (Lipinski definition) is 7. The third kappa shape index (κ3) is 4.96. The Morgan fingerprint density at radius 2 is 2.07 bits per heavy atom. The van der Waals surface area contributed by atoms with Crippen molar-refractivity contribution >= 4 is 17.5 Å². The van der Waals surface area contributed by atoms with Gasteiger partial charge in [-0.3, -0.25) is 14.5 Å². The number of morpholine rings is 1. The van der Waals surface area contributed by atoms with E-state index in [1.165, 1.54) is 11.0 Å². The Balaban J connectivity index is 1.33. The molecule has 0 unspecified atom stereocenters. The topological polar surface area (TPSA) is 105 Å². The van der Waals surface area contributed by atoms with Crippen LogP contribution in [0.3, 0.4) is 0 Å². The summed E-state index contributed by atoms with van der Waals surface area (Å²) in [4.78, 5) is 29.2. The van der Waals surface area contributed by atoms with Crippen molar-refractivity contribution in [3.63, 3.8) is 0 Å². The number of anilines is 1. The molecule has 2 aliphatic rings. The summed E-state index contributed by atoms with van der Waals surface area (Å²) in [7, 11) is 0. The van der Waals surface area contributed by atoms with Crippen LogP contribution in [-0.2, 0) is 14.3 Å². The molecular weight excluding hydrogens is 374 g/mol. The molecule has 2 aliphatic heterocycles. The second-order valence-corrected chi connectivity index (χ2v) is 7.36. The van der Waals surface area contributed by atoms with Gasteiger partial charge in [-0.2, -0.15) is 0 Å². The molecule has 29 heavy (non-hydrogen) atoms. The number of hydrogen-bond donors (Lipinski definition) is 1. The van der Waals surface area contributed by atoms with Gasteiger partial charge in [-0.1, -0.05) is 6.07 Å². The average Bonchev–Trinajstić information content (AvgIpc) is 3.30. The van der Waals surface area contributed by atoms with Crippen molar-refractivity contribution in [1.82, 2.24) is 30.0 Å². The largest absolute Gasteiger partial charge is 0.378 e. The van der Waals surface area contributed by atoms with Gasteiger partial charge < -0.3 is 15.0 Å². The molecular formula is C19H25N7O3. The van der Waals surface area contributed by atoms with Crippen LogP contribution in [0, 0.1) is 5.92 Å². The van der Waals surface area contributed by atoms with Crippen molar-refractivity contribution < 1.29 is 14.3 Å². The molecule has 154 valence electrons. The van der Waals surface area contributed by atoms with Crippen LogP contribution in [0.5, 0.6) is 0 Å². The van der Waals surface area contributed by atoms with Crippen LogP contribution in [-0.4, -0.2) is 87.8 Å². The predicted molar refractivity (Wildman–Crippen MR) is 104 cm³/mol. The molecule has 10 nitrogen and oxygen atoms in total. The number of nitrogens with one attached hydrogen (secondary N) is 1. The number of carbonyl (C=O) groups excluding carboxylic acids is 2. The normalized spacial score (nSPS) is 20.4. The SMILES string of the molecule is O=C(Nc1cccc(-n2cnnn2)c1)[C@H]1CCCN(CC(=O)N2CCOCC2)C1. The number of benzene rings is 1. The predicted octanol–water partition coefficient (Wildman–Crippen LogP) is 0.172. The number of ether oxygens (including phenoxy) is 1. The summed E-state index contributed by atoms with van der Waals surface area (Å²) in [6.07, 6.45) is 3.23. The molecule has 1 aromatic heterocycles. The van der Waals surface area contributed by atoms with Crippen LogP contribution >= 0.6 is 0 Å². The third-order valence-electron chi connectivity index (χ3n) is 5.33. The molecule has 1 atom stereocenters. The number of rotatable bonds is 5. The first-order valence-electron chi connectivity index (χ1n) is 9.91. The zero-order valence-electron chi connectivity index (χ0n) is 16.2. The minimum Gasteiger partial charge on any atom is -0.378 e. The number of likely N-dealkylation sites (tertiary alicyclic amines) is 1. The van der Waals surface area contributed by atoms with Gasteiger partial charge in [0.2, 0.25) is 11.8 Å². The summed E-state index contributed by atoms with van der Waals surface area (Å²) in [6, 6.07) is 7.39. The van der Waals surface area contributed by atoms with Crippen LogP contribution < -0.4 is 5.32 Å². The molecule has 4 rings (SSSR count). The highest BCUT2D eigenvalue weighted by Crippen LogP contribution is 2.20. The van der Waals surface area contributed by atoms with Crippen LogP contribution in [0.25, 0.3) is 5.69 Å². The van der Waals surface area contributed by atoms with Crippen molar-refractivity contribution in [2.45, 2.75) is 12.8 Å². The number of tetrazole rings is 1. The highest BCUT2D eigenvalue weighted by molar-refractivity contribution is 5.93. The van der Waals surface area contributed by atoms with E-state index in [2.05, 4.69) is 25.7 Å². The van der Waals surface area contributed by atoms with Gasteiger partial charge in [-0.05, 0) is 48.0 Å². The fraction of sp³-hybridized carbons (Fsp3) is 0.526. The van der Waals surface area contributed by atoms with Gasteiger partial charge in [-0.15, -0.1) is 5.10 Å². The highest BCUT2D eigenvalue weighted by atomic mass is 16.5. The maximum absolute atomic E-state index is 12.8. The average molecular weight is 399 g/mol. The summed E-state index contributed by atoms with van der Waals surface area (Å²) in [5.74, 6) is -0.0520. The van der Waals surface area contributed by atoms with Gasteiger partial charge in [0.15, 0.2) is 0 Å². The Morgan fingerprint density at radius 3 is 2.86 bits per heavy atom. The van der Waals surface area contributed by atoms with Crippen molar-refractivity contribution in [1.29, 1.82) is 0 Å². The number of nitrogens with zero attached hydrogens (tertiary/aromatic N) is 6. The molecule has 10 heteroatoms. The van der Waals surface area contributed by atoms with Gasteiger partial charge in [0.05, 0.1) is 31.4 Å². The quantitative estimate of drug-likeness (QED) is 0.764. The van der Waals surface area contributed by atoms with Crippen molar-refractivity contribution in [3.05, 3.63) is 30.6 Å². The van der Waals surface area contributed by atoms with E-state index in [1.54, 1.807) is 0 Å². The van der Waals surface area contributed by atoms with E-state index in [0.29, 0.717) is 45.1 Å². The van der Waals surface area contributed by atoms with Crippen LogP contribution in [0.1, 0.15) is 12.8 Å². The summed E-state index contributed by atoms with van der Waals surface area (Å²) in [5, 5.41) is 14.1. The van der Waals surface area contributed by atoms with Gasteiger partial charge in [0, 0.05) is 25.3 Å². The minimum absolute atomic E-state index is 0.0256. The maximum atomic E-state index is 12.8. The zero-order chi connectivity index (χ0) is 20.1. The second-order valence-electron chi connectivity index (χ2n) is 7.36. The number of aromatic nitrogens is 4. The molecule has 0 bridgehead atoms. The van der Waals surface area contributed by atoms with Crippen molar-refractivity contribution in [3.8, 4) is 5.69 Å². The Labute approximate surface area is 168 Å². The Kier molecular flexibility index (Phi) is 6.11. The third-order valence-corrected chi connectivity index (χ3v) is 5.33. The summed E-state index contributed by atoms with van der Waals surface area (Å²) >= 11 is 0. The molecule has 2 fully saturated rings. The highest BCUT2D eigenvalue weighted by Gasteiger charge is 2.28. The molecule has 2 amide bonds. The monoisotopic (exact) mass is 399 g/mol. The van der Waals surface area contributed by atoms with Gasteiger partial charge in [0.1, 0.15) is 6.33 Å². The van der Waals surface area contributed by atoms with E-state index >= 15 is 0 Å². The molecule has 1 N–H and O–H groups in total. The fourth-order valence-corrected chi connectivity index (χ4v) is 3.77. The molecule has 3 heterocycles. The van der Waals surface area contributed by atoms with Crippen molar-refractivity contribution in [2.75, 3.05) is 51.3 Å². The van der Waals surface area contributed by atoms with Crippen molar-refractivity contribution in [2.24, 2.45) is 5.92 Å². The van der Waals surface area contributed by atoms with Gasteiger partial charge in [0.25, 0.3) is 0 Å². The molecule has 2 saturated heterocycles. The first kappa shape index (κ1) is 19.5. The molecule has 0 saturated carbocycles. The molecule has 2 aromatic rings. The van der Waals surface area contributed by atoms with Gasteiger partial charge in [-0.25, -0.2) is 4.68 Å². The van der Waals surface area contributed by atoms with Gasteiger partial charge >= 0.3 is 0 Å². The fourth-order valence-electron chi connectivity index (χ4n) is 3.77. The zero-order valence-corrected chi connectivity index (χ0v) is 16.2. The second kappa shape index (κ2) is 9.10. The number of amides is 2. The lowest BCUT2D eigenvalue weighted by atomic mass is 9.97. The Morgan fingerprint density at radius 1 is 1.21 bits per heavy atom. The first-order valence-corrected chi connectivity index (χ1v) is 9.91. The molecule has 0 spiro atoms. The van der Waals surface area contributed by atoms with Crippen LogP contribution in [0.15, 0.2) is 30.6 Å². The van der Waals surface area contributed by atoms with E-state index in [9.17, 15) is 9.59 Å². The lowest BCUT2D eigenvalue weighted by molar-refractivity contribution is -0.137. The number of carbonyl (C=O) groups is 2. The maximum Gasteiger partial charge on any atom is 0.236 e. The molecule has 0 aliphatic carbocycles. The van der Waals surface area contributed by atoms with E-state index in [-0.39, 0.29) is 17.7 Å². The Bertz CT molecular complexity index is 836. The molecule has 0 radical (unpaired) electrons. The van der Waals surface area contributed by atoms with E-state index in [4.69, 9.17) is 4.74 Å². The minimum atomic E-state index is -0.141.